The summed E-state index contributed by atoms with van der Waals surface area (Å²) in [5, 5.41) is 3.31. The molecule has 0 saturated carbocycles. The molecule has 0 aromatic heterocycles. The molecule has 0 atom stereocenters. The fourth-order valence-corrected chi connectivity index (χ4v) is 4.17. The van der Waals surface area contributed by atoms with E-state index in [2.05, 4.69) is 10.0 Å². The Balaban J connectivity index is 1.64. The zero-order chi connectivity index (χ0) is 22.6. The molecule has 0 saturated heterocycles. The summed E-state index contributed by atoms with van der Waals surface area (Å²) in [7, 11) is -3.86. The minimum absolute atomic E-state index is 0.0422. The van der Waals surface area contributed by atoms with Crippen LogP contribution in [0.5, 0.6) is 5.75 Å². The van der Waals surface area contributed by atoms with E-state index in [-0.39, 0.29) is 28.2 Å². The van der Waals surface area contributed by atoms with E-state index in [4.69, 9.17) is 27.9 Å². The molecule has 0 aliphatic rings. The van der Waals surface area contributed by atoms with Crippen LogP contribution < -0.4 is 14.8 Å². The van der Waals surface area contributed by atoms with Crippen LogP contribution in [0.1, 0.15) is 11.1 Å². The Hall–Kier alpha value is -2.74. The van der Waals surface area contributed by atoms with Gasteiger partial charge >= 0.3 is 0 Å². The minimum atomic E-state index is -3.86. The number of anilines is 2. The lowest BCUT2D eigenvalue weighted by Crippen LogP contribution is -2.20. The summed E-state index contributed by atoms with van der Waals surface area (Å²) in [6.07, 6.45) is 0. The molecular formula is C22H20Cl2N2O4S. The number of hydrogen-bond donors (Lipinski definition) is 2. The summed E-state index contributed by atoms with van der Waals surface area (Å²) in [6, 6.07) is 15.9. The molecule has 0 radical (unpaired) electrons. The molecule has 6 nitrogen and oxygen atoms in total. The molecule has 0 unspecified atom stereocenters. The smallest absolute Gasteiger partial charge is 0.262 e. The lowest BCUT2D eigenvalue weighted by Gasteiger charge is -2.12. The fourth-order valence-electron chi connectivity index (χ4n) is 2.66. The van der Waals surface area contributed by atoms with Crippen LogP contribution in [0.2, 0.25) is 10.0 Å². The molecular weight excluding hydrogens is 459 g/mol. The van der Waals surface area contributed by atoms with Crippen LogP contribution in [-0.2, 0) is 14.8 Å². The van der Waals surface area contributed by atoms with Gasteiger partial charge in [0.2, 0.25) is 0 Å². The van der Waals surface area contributed by atoms with Crippen molar-refractivity contribution in [1.29, 1.82) is 0 Å². The van der Waals surface area contributed by atoms with Crippen LogP contribution in [-0.4, -0.2) is 20.9 Å². The molecule has 0 heterocycles. The first-order valence-electron chi connectivity index (χ1n) is 9.22. The Morgan fingerprint density at radius 1 is 0.903 bits per heavy atom. The first-order chi connectivity index (χ1) is 14.6. The average molecular weight is 479 g/mol. The van der Waals surface area contributed by atoms with Crippen molar-refractivity contribution in [3.63, 3.8) is 0 Å². The first kappa shape index (κ1) is 22.9. The number of halogens is 2. The van der Waals surface area contributed by atoms with Gasteiger partial charge in [-0.05, 0) is 79.6 Å². The van der Waals surface area contributed by atoms with Gasteiger partial charge in [-0.2, -0.15) is 0 Å². The Labute approximate surface area is 191 Å². The number of benzene rings is 3. The van der Waals surface area contributed by atoms with E-state index in [0.29, 0.717) is 16.4 Å². The SMILES string of the molecule is Cc1ccc(NC(=O)COc2ccc(S(=O)(=O)Nc3ccc(Cl)cc3)cc2Cl)cc1C. The molecule has 31 heavy (non-hydrogen) atoms. The number of ether oxygens (including phenoxy) is 1. The number of aryl methyl sites for hydroxylation is 2. The quantitative estimate of drug-likeness (QED) is 0.474. The zero-order valence-corrected chi connectivity index (χ0v) is 19.1. The highest BCUT2D eigenvalue weighted by atomic mass is 35.5. The highest BCUT2D eigenvalue weighted by molar-refractivity contribution is 7.92. The topological polar surface area (TPSA) is 84.5 Å². The maximum Gasteiger partial charge on any atom is 0.262 e. The Morgan fingerprint density at radius 3 is 2.23 bits per heavy atom. The molecule has 0 bridgehead atoms. The van der Waals surface area contributed by atoms with Crippen molar-refractivity contribution in [2.45, 2.75) is 18.7 Å². The molecule has 0 spiro atoms. The van der Waals surface area contributed by atoms with E-state index in [9.17, 15) is 13.2 Å². The molecule has 0 fully saturated rings. The highest BCUT2D eigenvalue weighted by Gasteiger charge is 2.17. The Bertz CT molecular complexity index is 1210. The fraction of sp³-hybridized carbons (Fsp3) is 0.136. The number of amides is 1. The van der Waals surface area contributed by atoms with Crippen molar-refractivity contribution < 1.29 is 17.9 Å². The van der Waals surface area contributed by atoms with E-state index >= 15 is 0 Å². The summed E-state index contributed by atoms with van der Waals surface area (Å²) in [5.41, 5.74) is 3.22. The predicted molar refractivity (Wildman–Crippen MR) is 124 cm³/mol. The van der Waals surface area contributed by atoms with E-state index in [1.165, 1.54) is 18.2 Å². The molecule has 3 aromatic carbocycles. The largest absolute Gasteiger partial charge is 0.482 e. The van der Waals surface area contributed by atoms with Gasteiger partial charge in [-0.15, -0.1) is 0 Å². The van der Waals surface area contributed by atoms with Crippen molar-refractivity contribution in [3.8, 4) is 5.75 Å². The highest BCUT2D eigenvalue weighted by Crippen LogP contribution is 2.28. The third-order valence-electron chi connectivity index (χ3n) is 4.46. The lowest BCUT2D eigenvalue weighted by atomic mass is 10.1. The van der Waals surface area contributed by atoms with Gasteiger partial charge in [-0.3, -0.25) is 9.52 Å². The van der Waals surface area contributed by atoms with E-state index in [1.807, 2.05) is 26.0 Å². The van der Waals surface area contributed by atoms with Crippen LogP contribution in [0.15, 0.2) is 65.6 Å². The van der Waals surface area contributed by atoms with Gasteiger partial charge in [0.1, 0.15) is 5.75 Å². The average Bonchev–Trinajstić information content (AvgIpc) is 2.71. The third kappa shape index (κ3) is 6.13. The maximum atomic E-state index is 12.6. The van der Waals surface area contributed by atoms with Crippen molar-refractivity contribution in [2.24, 2.45) is 0 Å². The maximum absolute atomic E-state index is 12.6. The summed E-state index contributed by atoms with van der Waals surface area (Å²) < 4.78 is 33.0. The van der Waals surface area contributed by atoms with Crippen LogP contribution in [0.25, 0.3) is 0 Å². The van der Waals surface area contributed by atoms with Crippen LogP contribution in [0.4, 0.5) is 11.4 Å². The van der Waals surface area contributed by atoms with Gasteiger partial charge in [0, 0.05) is 16.4 Å². The molecule has 1 amide bonds. The number of carbonyl (C=O) groups is 1. The molecule has 2 N–H and O–H groups in total. The third-order valence-corrected chi connectivity index (χ3v) is 6.39. The van der Waals surface area contributed by atoms with Crippen LogP contribution in [0, 0.1) is 13.8 Å². The second-order valence-electron chi connectivity index (χ2n) is 6.84. The summed E-state index contributed by atoms with van der Waals surface area (Å²) >= 11 is 12.0. The normalized spacial score (nSPS) is 11.1. The van der Waals surface area contributed by atoms with E-state index in [1.54, 1.807) is 30.3 Å². The van der Waals surface area contributed by atoms with Crippen molar-refractivity contribution in [1.82, 2.24) is 0 Å². The summed E-state index contributed by atoms with van der Waals surface area (Å²) in [6.45, 7) is 3.67. The van der Waals surface area contributed by atoms with Gasteiger partial charge in [0.05, 0.1) is 9.92 Å². The molecule has 9 heteroatoms. The van der Waals surface area contributed by atoms with Crippen LogP contribution >= 0.6 is 23.2 Å². The first-order valence-corrected chi connectivity index (χ1v) is 11.5. The van der Waals surface area contributed by atoms with Crippen molar-refractivity contribution >= 4 is 50.5 Å². The standard InChI is InChI=1S/C22H20Cl2N2O4S/c1-14-3-6-18(11-15(14)2)25-22(27)13-30-21-10-9-19(12-20(21)24)31(28,29)26-17-7-4-16(23)5-8-17/h3-12,26H,13H2,1-2H3,(H,25,27). The lowest BCUT2D eigenvalue weighted by molar-refractivity contribution is -0.118. The minimum Gasteiger partial charge on any atom is -0.482 e. The second-order valence-corrected chi connectivity index (χ2v) is 9.37. The zero-order valence-electron chi connectivity index (χ0n) is 16.8. The predicted octanol–water partition coefficient (Wildman–Crippen LogP) is 5.43. The van der Waals surface area contributed by atoms with Gasteiger partial charge in [-0.25, -0.2) is 8.42 Å². The molecule has 3 rings (SSSR count). The van der Waals surface area contributed by atoms with E-state index < -0.39 is 10.0 Å². The summed E-state index contributed by atoms with van der Waals surface area (Å²) in [5.74, 6) is -0.164. The van der Waals surface area contributed by atoms with Crippen LogP contribution in [0.3, 0.4) is 0 Å². The number of hydrogen-bond acceptors (Lipinski definition) is 4. The van der Waals surface area contributed by atoms with Crippen molar-refractivity contribution in [3.05, 3.63) is 81.8 Å². The molecule has 0 aliphatic carbocycles. The second kappa shape index (κ2) is 9.60. The molecule has 3 aromatic rings. The number of carbonyl (C=O) groups excluding carboxylic acids is 1. The van der Waals surface area contributed by atoms with Gasteiger partial charge in [-0.1, -0.05) is 29.3 Å². The Kier molecular flexibility index (Phi) is 7.10. The Morgan fingerprint density at radius 2 is 1.58 bits per heavy atom. The number of rotatable bonds is 7. The molecule has 162 valence electrons. The number of sulfonamides is 1. The number of nitrogens with one attached hydrogen (secondary N) is 2. The van der Waals surface area contributed by atoms with Gasteiger partial charge < -0.3 is 10.1 Å². The van der Waals surface area contributed by atoms with Gasteiger partial charge in [0.15, 0.2) is 6.61 Å². The molecule has 0 aliphatic heterocycles. The monoisotopic (exact) mass is 478 g/mol. The van der Waals surface area contributed by atoms with E-state index in [0.717, 1.165) is 11.1 Å². The van der Waals surface area contributed by atoms with Gasteiger partial charge in [0.25, 0.3) is 15.9 Å². The summed E-state index contributed by atoms with van der Waals surface area (Å²) in [4.78, 5) is 12.1. The van der Waals surface area contributed by atoms with Crippen molar-refractivity contribution in [2.75, 3.05) is 16.6 Å².